The van der Waals surface area contributed by atoms with E-state index in [0.29, 0.717) is 34.7 Å². The number of benzene rings is 3. The van der Waals surface area contributed by atoms with Gasteiger partial charge in [-0.1, -0.05) is 44.2 Å². The van der Waals surface area contributed by atoms with Crippen LogP contribution in [0.5, 0.6) is 0 Å². The lowest BCUT2D eigenvalue weighted by molar-refractivity contribution is 0.0560. The van der Waals surface area contributed by atoms with Crippen molar-refractivity contribution >= 4 is 29.5 Å². The molecule has 1 atom stereocenters. The summed E-state index contributed by atoms with van der Waals surface area (Å²) in [4.78, 5) is 37.5. The Bertz CT molecular complexity index is 1440. The fraction of sp³-hybridized carbons (Fsp3) is 0.333. The van der Waals surface area contributed by atoms with Gasteiger partial charge in [-0.3, -0.25) is 15.5 Å². The smallest absolute Gasteiger partial charge is 0.413 e. The van der Waals surface area contributed by atoms with E-state index in [0.717, 1.165) is 16.8 Å². The third-order valence-electron chi connectivity index (χ3n) is 6.26. The number of methoxy groups -OCH3 is 1. The number of amidine groups is 1. The topological polar surface area (TPSA) is 130 Å². The van der Waals surface area contributed by atoms with Crippen molar-refractivity contribution in [3.8, 4) is 11.1 Å². The lowest BCUT2D eigenvalue weighted by Crippen LogP contribution is -2.36. The van der Waals surface area contributed by atoms with Crippen LogP contribution in [0.3, 0.4) is 0 Å². The van der Waals surface area contributed by atoms with E-state index < -0.39 is 17.7 Å². The first kappa shape index (κ1) is 31.9. The van der Waals surface area contributed by atoms with Crippen molar-refractivity contribution < 1.29 is 23.9 Å². The second-order valence-corrected chi connectivity index (χ2v) is 11.4. The molecule has 3 aromatic rings. The van der Waals surface area contributed by atoms with Crippen LogP contribution in [0.25, 0.3) is 11.1 Å². The van der Waals surface area contributed by atoms with Crippen molar-refractivity contribution in [2.24, 2.45) is 5.92 Å². The lowest BCUT2D eigenvalue weighted by Gasteiger charge is -2.21. The minimum atomic E-state index is -0.685. The summed E-state index contributed by atoms with van der Waals surface area (Å²) in [5.41, 5.74) is 3.77. The third-order valence-corrected chi connectivity index (χ3v) is 6.26. The number of ether oxygens (including phenoxy) is 2. The molecule has 0 heterocycles. The van der Waals surface area contributed by atoms with E-state index in [1.807, 2.05) is 57.2 Å². The molecular weight excluding hydrogens is 532 g/mol. The van der Waals surface area contributed by atoms with Crippen molar-refractivity contribution in [3.05, 3.63) is 89.0 Å². The van der Waals surface area contributed by atoms with Gasteiger partial charge in [0.25, 0.3) is 5.91 Å². The summed E-state index contributed by atoms with van der Waals surface area (Å²) in [5, 5.41) is 17.0. The normalized spacial score (nSPS) is 11.8. The molecule has 4 N–H and O–H groups in total. The largest absolute Gasteiger partial charge is 0.465 e. The Hall–Kier alpha value is -4.66. The van der Waals surface area contributed by atoms with Gasteiger partial charge in [0.15, 0.2) is 0 Å². The number of esters is 1. The standard InChI is InChI=1S/C33H40N4O5/c1-20(2)19-35-30(38)23-14-17-27(28(18-23)31(39)41-7)26-11-9-8-10-25(26)21(3)36-24-15-12-22(13-16-24)29(34)37-32(40)42-33(4,5)6/h8-18,20-21,36H,19H2,1-7H3,(H,35,38)(H2,34,37,40). The van der Waals surface area contributed by atoms with Gasteiger partial charge in [-0.25, -0.2) is 9.59 Å². The first-order valence-electron chi connectivity index (χ1n) is 13.8. The number of nitrogens with one attached hydrogen (secondary N) is 4. The van der Waals surface area contributed by atoms with Gasteiger partial charge >= 0.3 is 12.1 Å². The van der Waals surface area contributed by atoms with Gasteiger partial charge in [0.05, 0.1) is 12.7 Å². The Morgan fingerprint density at radius 1 is 0.881 bits per heavy atom. The highest BCUT2D eigenvalue weighted by Crippen LogP contribution is 2.33. The Morgan fingerprint density at radius 3 is 2.14 bits per heavy atom. The molecule has 0 aliphatic heterocycles. The van der Waals surface area contributed by atoms with Gasteiger partial charge < -0.3 is 20.1 Å². The summed E-state index contributed by atoms with van der Waals surface area (Å²) in [6, 6.07) is 19.7. The van der Waals surface area contributed by atoms with Crippen LogP contribution in [-0.4, -0.2) is 43.1 Å². The number of alkyl carbamates (subject to hydrolysis) is 1. The maximum Gasteiger partial charge on any atom is 0.413 e. The Morgan fingerprint density at radius 2 is 1.52 bits per heavy atom. The van der Waals surface area contributed by atoms with Crippen LogP contribution in [-0.2, 0) is 9.47 Å². The van der Waals surface area contributed by atoms with Crippen LogP contribution < -0.4 is 16.0 Å². The molecule has 1 unspecified atom stereocenters. The maximum atomic E-state index is 12.8. The predicted molar refractivity (Wildman–Crippen MR) is 165 cm³/mol. The molecular formula is C33H40N4O5. The molecule has 9 heteroatoms. The zero-order valence-electron chi connectivity index (χ0n) is 25.3. The lowest BCUT2D eigenvalue weighted by atomic mass is 9.91. The van der Waals surface area contributed by atoms with Crippen molar-refractivity contribution in [1.82, 2.24) is 10.6 Å². The molecule has 42 heavy (non-hydrogen) atoms. The van der Waals surface area contributed by atoms with Crippen LogP contribution in [0, 0.1) is 11.3 Å². The minimum Gasteiger partial charge on any atom is -0.465 e. The molecule has 0 aliphatic rings. The molecule has 3 aromatic carbocycles. The average molecular weight is 573 g/mol. The molecule has 0 fully saturated rings. The predicted octanol–water partition coefficient (Wildman–Crippen LogP) is 6.55. The highest BCUT2D eigenvalue weighted by molar-refractivity contribution is 6.05. The average Bonchev–Trinajstić information content (AvgIpc) is 2.94. The Labute approximate surface area is 247 Å². The van der Waals surface area contributed by atoms with E-state index in [-0.39, 0.29) is 17.8 Å². The molecule has 0 saturated carbocycles. The highest BCUT2D eigenvalue weighted by Gasteiger charge is 2.21. The van der Waals surface area contributed by atoms with Crippen molar-refractivity contribution in [2.75, 3.05) is 19.0 Å². The van der Waals surface area contributed by atoms with Crippen LogP contribution in [0.2, 0.25) is 0 Å². The van der Waals surface area contributed by atoms with Gasteiger partial charge in [-0.2, -0.15) is 0 Å². The van der Waals surface area contributed by atoms with Crippen LogP contribution in [0.15, 0.2) is 66.7 Å². The van der Waals surface area contributed by atoms with Gasteiger partial charge in [-0.05, 0) is 86.7 Å². The number of hydrogen-bond donors (Lipinski definition) is 4. The number of hydrogen-bond acceptors (Lipinski definition) is 7. The third kappa shape index (κ3) is 8.67. The monoisotopic (exact) mass is 572 g/mol. The van der Waals surface area contributed by atoms with Crippen LogP contribution in [0.1, 0.15) is 79.4 Å². The molecule has 222 valence electrons. The molecule has 0 radical (unpaired) electrons. The van der Waals surface area contributed by atoms with Gasteiger partial charge in [0.2, 0.25) is 0 Å². The summed E-state index contributed by atoms with van der Waals surface area (Å²) >= 11 is 0. The van der Waals surface area contributed by atoms with E-state index in [9.17, 15) is 14.4 Å². The fourth-order valence-corrected chi connectivity index (χ4v) is 4.26. The van der Waals surface area contributed by atoms with Gasteiger partial charge in [0.1, 0.15) is 11.4 Å². The number of carbonyl (C=O) groups excluding carboxylic acids is 3. The number of rotatable bonds is 9. The number of amides is 2. The Balaban J connectivity index is 1.83. The quantitative estimate of drug-likeness (QED) is 0.131. The van der Waals surface area contributed by atoms with E-state index >= 15 is 0 Å². The molecule has 0 bridgehead atoms. The highest BCUT2D eigenvalue weighted by atomic mass is 16.6. The molecule has 0 aliphatic carbocycles. The fourth-order valence-electron chi connectivity index (χ4n) is 4.26. The molecule has 3 rings (SSSR count). The van der Waals surface area contributed by atoms with Crippen molar-refractivity contribution in [1.29, 1.82) is 5.41 Å². The van der Waals surface area contributed by atoms with Crippen molar-refractivity contribution in [3.63, 3.8) is 0 Å². The number of carbonyl (C=O) groups is 3. The van der Waals surface area contributed by atoms with Gasteiger partial charge in [-0.15, -0.1) is 0 Å². The summed E-state index contributed by atoms with van der Waals surface area (Å²) in [7, 11) is 1.32. The van der Waals surface area contributed by atoms with E-state index in [2.05, 4.69) is 16.0 Å². The Kier molecular flexibility index (Phi) is 10.5. The summed E-state index contributed by atoms with van der Waals surface area (Å²) in [6.07, 6.45) is -0.685. The molecule has 9 nitrogen and oxygen atoms in total. The SMILES string of the molecule is COC(=O)c1cc(C(=O)NCC(C)C)ccc1-c1ccccc1C(C)Nc1ccc(C(=N)NC(=O)OC(C)(C)C)cc1. The van der Waals surface area contributed by atoms with Crippen molar-refractivity contribution in [2.45, 2.75) is 53.2 Å². The van der Waals surface area contributed by atoms with Gasteiger partial charge in [0, 0.05) is 29.4 Å². The zero-order valence-corrected chi connectivity index (χ0v) is 25.3. The zero-order chi connectivity index (χ0) is 31.0. The summed E-state index contributed by atoms with van der Waals surface area (Å²) in [5.74, 6) is -0.546. The molecule has 0 aromatic heterocycles. The molecule has 2 amide bonds. The first-order chi connectivity index (χ1) is 19.8. The van der Waals surface area contributed by atoms with E-state index in [1.54, 1.807) is 51.1 Å². The van der Waals surface area contributed by atoms with Crippen LogP contribution in [0.4, 0.5) is 10.5 Å². The maximum absolute atomic E-state index is 12.8. The second kappa shape index (κ2) is 13.8. The number of anilines is 1. The van der Waals surface area contributed by atoms with E-state index in [1.165, 1.54) is 7.11 Å². The second-order valence-electron chi connectivity index (χ2n) is 11.4. The van der Waals surface area contributed by atoms with Crippen LogP contribution >= 0.6 is 0 Å². The minimum absolute atomic E-state index is 0.0640. The molecule has 0 saturated heterocycles. The summed E-state index contributed by atoms with van der Waals surface area (Å²) < 4.78 is 10.3. The first-order valence-corrected chi connectivity index (χ1v) is 13.8. The summed E-state index contributed by atoms with van der Waals surface area (Å²) in [6.45, 7) is 11.8. The molecule has 0 spiro atoms. The van der Waals surface area contributed by atoms with E-state index in [4.69, 9.17) is 14.9 Å².